The summed E-state index contributed by atoms with van der Waals surface area (Å²) in [5, 5.41) is 14.2. The summed E-state index contributed by atoms with van der Waals surface area (Å²) in [7, 11) is 1.64. The van der Waals surface area contributed by atoms with Crippen molar-refractivity contribution in [3.05, 3.63) is 107 Å². The molecule has 0 bridgehead atoms. The van der Waals surface area contributed by atoms with Gasteiger partial charge in [-0.05, 0) is 35.9 Å². The first-order valence-electron chi connectivity index (χ1n) is 10.8. The lowest BCUT2D eigenvalue weighted by molar-refractivity contribution is -0.384. The molecule has 1 aromatic heterocycles. The maximum Gasteiger partial charge on any atom is 0.416 e. The van der Waals surface area contributed by atoms with Crippen LogP contribution in [0.25, 0.3) is 23.0 Å². The highest BCUT2D eigenvalue weighted by atomic mass is 19.4. The maximum absolute atomic E-state index is 13.4. The Hall–Kier alpha value is -4.93. The molecule has 0 spiro atoms. The number of carbonyl (C=O) groups excluding carboxylic acids is 1. The molecule has 0 fully saturated rings. The fourth-order valence-electron chi connectivity index (χ4n) is 3.52. The molecule has 0 saturated heterocycles. The molecule has 37 heavy (non-hydrogen) atoms. The number of ether oxygens (including phenoxy) is 1. The van der Waals surface area contributed by atoms with E-state index in [1.165, 1.54) is 41.4 Å². The number of alkyl halides is 3. The van der Waals surface area contributed by atoms with Crippen LogP contribution in [0, 0.1) is 10.1 Å². The minimum atomic E-state index is -4.66. The van der Waals surface area contributed by atoms with Crippen molar-refractivity contribution in [1.29, 1.82) is 0 Å². The number of esters is 1. The van der Waals surface area contributed by atoms with Crippen molar-refractivity contribution in [2.75, 3.05) is 12.4 Å². The number of anilines is 1. The minimum Gasteiger partial charge on any atom is -0.423 e. The van der Waals surface area contributed by atoms with Gasteiger partial charge in [-0.2, -0.15) is 13.2 Å². The third kappa shape index (κ3) is 5.84. The van der Waals surface area contributed by atoms with Crippen LogP contribution in [0.15, 0.2) is 85.3 Å². The highest BCUT2D eigenvalue weighted by Crippen LogP contribution is 2.37. The molecular formula is C26H19F3N4O4. The first-order chi connectivity index (χ1) is 17.7. The van der Waals surface area contributed by atoms with Crippen LogP contribution in [0.4, 0.5) is 24.5 Å². The Morgan fingerprint density at radius 3 is 2.54 bits per heavy atom. The molecule has 11 heteroatoms. The molecule has 0 amide bonds. The number of non-ortho nitro benzene ring substituents is 1. The van der Waals surface area contributed by atoms with E-state index in [1.54, 1.807) is 37.4 Å². The monoisotopic (exact) mass is 508 g/mol. The molecule has 0 aliphatic rings. The lowest BCUT2D eigenvalue weighted by Crippen LogP contribution is -2.09. The predicted octanol–water partition coefficient (Wildman–Crippen LogP) is 6.13. The number of nitrogens with zero attached hydrogens (tertiary/aromatic N) is 3. The number of halogens is 3. The summed E-state index contributed by atoms with van der Waals surface area (Å²) in [5.74, 6) is -1.21. The number of nitro groups is 1. The van der Waals surface area contributed by atoms with Crippen LogP contribution in [0.3, 0.4) is 0 Å². The van der Waals surface area contributed by atoms with Gasteiger partial charge in [0.2, 0.25) is 0 Å². The largest absolute Gasteiger partial charge is 0.423 e. The van der Waals surface area contributed by atoms with Gasteiger partial charge < -0.3 is 14.6 Å². The molecule has 8 nitrogen and oxygen atoms in total. The normalized spacial score (nSPS) is 11.5. The van der Waals surface area contributed by atoms with Crippen LogP contribution in [0.1, 0.15) is 11.1 Å². The topological polar surface area (TPSA) is 99.3 Å². The standard InChI is InChI=1S/C26H19F3N4O4/c1-30-21-11-9-19(33(35)36)14-23(21)32-15-22(31-16-32)20-10-8-18(26(27,28)29)13-24(20)37-25(34)12-7-17-5-3-2-4-6-17/h2-16,30H,1H3/b12-7+. The van der Waals surface area contributed by atoms with Crippen LogP contribution >= 0.6 is 0 Å². The second-order valence-electron chi connectivity index (χ2n) is 7.75. The van der Waals surface area contributed by atoms with E-state index < -0.39 is 22.6 Å². The van der Waals surface area contributed by atoms with Gasteiger partial charge in [0, 0.05) is 37.0 Å². The summed E-state index contributed by atoms with van der Waals surface area (Å²) >= 11 is 0. The zero-order valence-electron chi connectivity index (χ0n) is 19.3. The maximum atomic E-state index is 13.4. The molecule has 3 aromatic carbocycles. The molecule has 1 N–H and O–H groups in total. The number of rotatable bonds is 7. The second-order valence-corrected chi connectivity index (χ2v) is 7.75. The van der Waals surface area contributed by atoms with E-state index in [0.29, 0.717) is 16.9 Å². The van der Waals surface area contributed by atoms with Crippen LogP contribution in [0.5, 0.6) is 5.75 Å². The van der Waals surface area contributed by atoms with Gasteiger partial charge in [0.05, 0.1) is 33.9 Å². The molecule has 0 radical (unpaired) electrons. The fraction of sp³-hybridized carbons (Fsp3) is 0.0769. The molecule has 0 atom stereocenters. The van der Waals surface area contributed by atoms with Crippen molar-refractivity contribution in [3.63, 3.8) is 0 Å². The van der Waals surface area contributed by atoms with Crippen molar-refractivity contribution in [3.8, 4) is 22.7 Å². The Morgan fingerprint density at radius 1 is 1.11 bits per heavy atom. The van der Waals surface area contributed by atoms with E-state index in [4.69, 9.17) is 4.74 Å². The van der Waals surface area contributed by atoms with Gasteiger partial charge in [0.1, 0.15) is 5.75 Å². The Bertz CT molecular complexity index is 1480. The van der Waals surface area contributed by atoms with Crippen LogP contribution in [-0.4, -0.2) is 27.5 Å². The van der Waals surface area contributed by atoms with Crippen LogP contribution in [0.2, 0.25) is 0 Å². The van der Waals surface area contributed by atoms with Gasteiger partial charge in [-0.1, -0.05) is 30.3 Å². The number of hydrogen-bond donors (Lipinski definition) is 1. The lowest BCUT2D eigenvalue weighted by atomic mass is 10.1. The summed E-state index contributed by atoms with van der Waals surface area (Å²) in [6.45, 7) is 0. The van der Waals surface area contributed by atoms with Gasteiger partial charge in [-0.3, -0.25) is 10.1 Å². The first-order valence-corrected chi connectivity index (χ1v) is 10.8. The predicted molar refractivity (Wildman–Crippen MR) is 131 cm³/mol. The van der Waals surface area contributed by atoms with Crippen LogP contribution < -0.4 is 10.1 Å². The van der Waals surface area contributed by atoms with Gasteiger partial charge in [0.25, 0.3) is 5.69 Å². The number of nitro benzene ring substituents is 1. The number of imidazole rings is 1. The Labute approximate surface area is 208 Å². The van der Waals surface area contributed by atoms with Gasteiger partial charge in [-0.25, -0.2) is 9.78 Å². The number of carbonyl (C=O) groups is 1. The Kier molecular flexibility index (Phi) is 7.05. The molecule has 0 aliphatic carbocycles. The van der Waals surface area contributed by atoms with Crippen molar-refractivity contribution in [2.24, 2.45) is 0 Å². The molecule has 4 aromatic rings. The highest BCUT2D eigenvalue weighted by molar-refractivity contribution is 5.90. The number of benzene rings is 3. The van der Waals surface area contributed by atoms with E-state index in [9.17, 15) is 28.1 Å². The van der Waals surface area contributed by atoms with E-state index in [-0.39, 0.29) is 22.7 Å². The lowest BCUT2D eigenvalue weighted by Gasteiger charge is -2.12. The fourth-order valence-corrected chi connectivity index (χ4v) is 3.52. The number of nitrogens with one attached hydrogen (secondary N) is 1. The summed E-state index contributed by atoms with van der Waals surface area (Å²) < 4.78 is 46.9. The molecule has 188 valence electrons. The zero-order valence-corrected chi connectivity index (χ0v) is 19.3. The smallest absolute Gasteiger partial charge is 0.416 e. The number of aromatic nitrogens is 2. The zero-order chi connectivity index (χ0) is 26.6. The molecule has 0 saturated carbocycles. The molecule has 4 rings (SSSR count). The van der Waals surface area contributed by atoms with E-state index in [2.05, 4.69) is 10.3 Å². The van der Waals surface area contributed by atoms with Crippen LogP contribution in [-0.2, 0) is 11.0 Å². The third-order valence-corrected chi connectivity index (χ3v) is 5.33. The summed E-state index contributed by atoms with van der Waals surface area (Å²) in [6.07, 6.45) is 0.753. The van der Waals surface area contributed by atoms with E-state index in [0.717, 1.165) is 24.3 Å². The van der Waals surface area contributed by atoms with Gasteiger partial charge >= 0.3 is 12.1 Å². The Balaban J connectivity index is 1.71. The number of hydrogen-bond acceptors (Lipinski definition) is 6. The van der Waals surface area contributed by atoms with Gasteiger partial charge in [0.15, 0.2) is 0 Å². The van der Waals surface area contributed by atoms with E-state index in [1.807, 2.05) is 0 Å². The van der Waals surface area contributed by atoms with Crippen molar-refractivity contribution >= 4 is 23.4 Å². The van der Waals surface area contributed by atoms with Gasteiger partial charge in [-0.15, -0.1) is 0 Å². The third-order valence-electron chi connectivity index (χ3n) is 5.33. The van der Waals surface area contributed by atoms with E-state index >= 15 is 0 Å². The SMILES string of the molecule is CNc1ccc([N+](=O)[O-])cc1-n1cnc(-c2ccc(C(F)(F)F)cc2OC(=O)/C=C/c2ccccc2)c1. The summed E-state index contributed by atoms with van der Waals surface area (Å²) in [5.41, 5.74) is 0.827. The Morgan fingerprint density at radius 2 is 1.86 bits per heavy atom. The first kappa shape index (κ1) is 25.2. The molecular weight excluding hydrogens is 489 g/mol. The highest BCUT2D eigenvalue weighted by Gasteiger charge is 2.32. The molecule has 1 heterocycles. The average molecular weight is 508 g/mol. The summed E-state index contributed by atoms with van der Waals surface area (Å²) in [4.78, 5) is 27.4. The minimum absolute atomic E-state index is 0.129. The average Bonchev–Trinajstić information content (AvgIpc) is 3.37. The van der Waals surface area contributed by atoms with Crippen molar-refractivity contribution < 1.29 is 27.6 Å². The molecule has 0 unspecified atom stereocenters. The quantitative estimate of drug-likeness (QED) is 0.106. The second kappa shape index (κ2) is 10.4. The van der Waals surface area contributed by atoms with Crippen molar-refractivity contribution in [2.45, 2.75) is 6.18 Å². The van der Waals surface area contributed by atoms with Crippen molar-refractivity contribution in [1.82, 2.24) is 9.55 Å². The molecule has 0 aliphatic heterocycles. The summed E-state index contributed by atoms with van der Waals surface area (Å²) in [6, 6.07) is 15.8.